The molecule has 2 heterocycles. The fraction of sp³-hybridized carbons (Fsp3) is 0.320. The van der Waals surface area contributed by atoms with Gasteiger partial charge in [-0.05, 0) is 62.0 Å². The first kappa shape index (κ1) is 25.0. The Morgan fingerprint density at radius 1 is 1.11 bits per heavy atom. The average Bonchev–Trinajstić information content (AvgIpc) is 3.20. The number of benzene rings is 2. The van der Waals surface area contributed by atoms with Gasteiger partial charge in [-0.15, -0.1) is 0 Å². The molecule has 0 bridgehead atoms. The second-order valence-corrected chi connectivity index (χ2v) is 10.8. The van der Waals surface area contributed by atoms with E-state index in [1.54, 1.807) is 37.3 Å². The van der Waals surface area contributed by atoms with Crippen LogP contribution in [-0.2, 0) is 16.0 Å². The number of hydrogen-bond acceptors (Lipinski definition) is 5. The third kappa shape index (κ3) is 5.13. The van der Waals surface area contributed by atoms with Crippen LogP contribution in [0.4, 0.5) is 13.2 Å². The first-order valence-corrected chi connectivity index (χ1v) is 12.8. The summed E-state index contributed by atoms with van der Waals surface area (Å²) in [5.74, 6) is 0.434. The number of fused-ring (bicyclic) bond motifs is 3. The molecule has 35 heavy (non-hydrogen) atoms. The van der Waals surface area contributed by atoms with Gasteiger partial charge < -0.3 is 14.6 Å². The Morgan fingerprint density at radius 3 is 2.57 bits per heavy atom. The molecule has 2 aromatic carbocycles. The SMILES string of the molecule is CCS(=O)(=O)c1cccc(-c2ccc(OCCCN(C)C)c3[nH]c4ncc(C(F)(F)F)cc4c23)c1. The van der Waals surface area contributed by atoms with Crippen molar-refractivity contribution in [3.63, 3.8) is 0 Å². The molecule has 186 valence electrons. The quantitative estimate of drug-likeness (QED) is 0.319. The maximum Gasteiger partial charge on any atom is 0.417 e. The minimum Gasteiger partial charge on any atom is -0.491 e. The lowest BCUT2D eigenvalue weighted by Crippen LogP contribution is -2.15. The monoisotopic (exact) mass is 505 g/mol. The summed E-state index contributed by atoms with van der Waals surface area (Å²) in [6.45, 7) is 2.81. The predicted octanol–water partition coefficient (Wildman–Crippen LogP) is 5.53. The second-order valence-electron chi connectivity index (χ2n) is 8.54. The predicted molar refractivity (Wildman–Crippen MR) is 130 cm³/mol. The van der Waals surface area contributed by atoms with Gasteiger partial charge >= 0.3 is 6.18 Å². The minimum absolute atomic E-state index is 0.0580. The molecule has 0 unspecified atom stereocenters. The summed E-state index contributed by atoms with van der Waals surface area (Å²) in [6.07, 6.45) is -2.99. The van der Waals surface area contributed by atoms with Crippen molar-refractivity contribution in [3.05, 3.63) is 54.2 Å². The highest BCUT2D eigenvalue weighted by Crippen LogP contribution is 2.41. The number of H-pyrrole nitrogens is 1. The molecule has 6 nitrogen and oxygen atoms in total. The highest BCUT2D eigenvalue weighted by Gasteiger charge is 2.32. The molecule has 0 amide bonds. The summed E-state index contributed by atoms with van der Waals surface area (Å²) in [7, 11) is 0.455. The lowest BCUT2D eigenvalue weighted by Gasteiger charge is -2.13. The van der Waals surface area contributed by atoms with E-state index in [-0.39, 0.29) is 21.7 Å². The molecule has 0 aliphatic carbocycles. The number of aromatic amines is 1. The van der Waals surface area contributed by atoms with Crippen LogP contribution in [-0.4, -0.2) is 56.3 Å². The number of hydrogen-bond donors (Lipinski definition) is 1. The van der Waals surface area contributed by atoms with Crippen molar-refractivity contribution in [3.8, 4) is 16.9 Å². The summed E-state index contributed by atoms with van der Waals surface area (Å²) < 4.78 is 71.3. The van der Waals surface area contributed by atoms with Crippen molar-refractivity contribution in [2.75, 3.05) is 33.0 Å². The molecule has 1 N–H and O–H groups in total. The number of nitrogens with one attached hydrogen (secondary N) is 1. The standard InChI is InChI=1S/C25H26F3N3O3S/c1-4-35(32,33)18-8-5-7-16(13-18)19-9-10-21(34-12-6-11-31(2)3)23-22(19)20-14-17(25(26,27)28)15-29-24(20)30-23/h5,7-10,13-15H,4,6,11-12H2,1-3H3,(H,29,30). The largest absolute Gasteiger partial charge is 0.491 e. The van der Waals surface area contributed by atoms with Crippen molar-refractivity contribution in [1.82, 2.24) is 14.9 Å². The molecule has 0 fully saturated rings. The van der Waals surface area contributed by atoms with Crippen LogP contribution < -0.4 is 4.74 Å². The van der Waals surface area contributed by atoms with Crippen molar-refractivity contribution >= 4 is 31.8 Å². The summed E-state index contributed by atoms with van der Waals surface area (Å²) in [4.78, 5) is 9.31. The van der Waals surface area contributed by atoms with Crippen LogP contribution in [0.1, 0.15) is 18.9 Å². The Balaban J connectivity index is 1.92. The summed E-state index contributed by atoms with van der Waals surface area (Å²) in [6, 6.07) is 11.0. The summed E-state index contributed by atoms with van der Waals surface area (Å²) in [5, 5.41) is 0.780. The van der Waals surface area contributed by atoms with Gasteiger partial charge in [-0.3, -0.25) is 0 Å². The van der Waals surface area contributed by atoms with E-state index in [9.17, 15) is 21.6 Å². The van der Waals surface area contributed by atoms with Crippen molar-refractivity contribution in [1.29, 1.82) is 0 Å². The van der Waals surface area contributed by atoms with Gasteiger partial charge in [0.1, 0.15) is 11.4 Å². The molecule has 0 atom stereocenters. The molecule has 0 saturated carbocycles. The van der Waals surface area contributed by atoms with Crippen LogP contribution >= 0.6 is 0 Å². The zero-order valence-corrected chi connectivity index (χ0v) is 20.4. The maximum atomic E-state index is 13.5. The van der Waals surface area contributed by atoms with Gasteiger partial charge in [-0.25, -0.2) is 13.4 Å². The van der Waals surface area contributed by atoms with Gasteiger partial charge in [0.15, 0.2) is 9.84 Å². The third-order valence-electron chi connectivity index (χ3n) is 5.79. The van der Waals surface area contributed by atoms with Crippen molar-refractivity contribution in [2.24, 2.45) is 0 Å². The van der Waals surface area contributed by atoms with Crippen LogP contribution in [0.2, 0.25) is 0 Å². The smallest absolute Gasteiger partial charge is 0.417 e. The second kappa shape index (κ2) is 9.50. The fourth-order valence-electron chi connectivity index (χ4n) is 3.96. The van der Waals surface area contributed by atoms with E-state index in [2.05, 4.69) is 9.97 Å². The Bertz CT molecular complexity index is 1480. The Morgan fingerprint density at radius 2 is 1.89 bits per heavy atom. The van der Waals surface area contributed by atoms with Gasteiger partial charge in [0.2, 0.25) is 0 Å². The van der Waals surface area contributed by atoms with Crippen LogP contribution in [0, 0.1) is 0 Å². The van der Waals surface area contributed by atoms with Gasteiger partial charge in [0.25, 0.3) is 0 Å². The minimum atomic E-state index is -4.56. The highest BCUT2D eigenvalue weighted by molar-refractivity contribution is 7.91. The van der Waals surface area contributed by atoms with Crippen LogP contribution in [0.25, 0.3) is 33.1 Å². The van der Waals surface area contributed by atoms with E-state index in [0.29, 0.717) is 34.4 Å². The molecule has 0 radical (unpaired) electrons. The normalized spacial score (nSPS) is 12.7. The third-order valence-corrected chi connectivity index (χ3v) is 7.52. The van der Waals surface area contributed by atoms with Gasteiger partial charge in [-0.2, -0.15) is 13.2 Å². The first-order chi connectivity index (χ1) is 16.5. The molecule has 0 aliphatic rings. The zero-order chi connectivity index (χ0) is 25.4. The molecule has 0 saturated heterocycles. The number of halogens is 3. The average molecular weight is 506 g/mol. The number of pyridine rings is 1. The summed E-state index contributed by atoms with van der Waals surface area (Å²) in [5.41, 5.74) is 1.09. The molecular formula is C25H26F3N3O3S. The number of alkyl halides is 3. The lowest BCUT2D eigenvalue weighted by molar-refractivity contribution is -0.137. The fourth-order valence-corrected chi connectivity index (χ4v) is 4.89. The van der Waals surface area contributed by atoms with Gasteiger partial charge in [-0.1, -0.05) is 19.1 Å². The number of ether oxygens (including phenoxy) is 1. The van der Waals surface area contributed by atoms with E-state index in [0.717, 1.165) is 25.2 Å². The molecule has 0 aliphatic heterocycles. The Kier molecular flexibility index (Phi) is 6.79. The number of nitrogens with zero attached hydrogens (tertiary/aromatic N) is 2. The zero-order valence-electron chi connectivity index (χ0n) is 19.6. The van der Waals surface area contributed by atoms with Crippen LogP contribution in [0.5, 0.6) is 5.75 Å². The van der Waals surface area contributed by atoms with Crippen LogP contribution in [0.3, 0.4) is 0 Å². The van der Waals surface area contributed by atoms with E-state index in [1.807, 2.05) is 19.0 Å². The number of sulfone groups is 1. The first-order valence-electron chi connectivity index (χ1n) is 11.1. The summed E-state index contributed by atoms with van der Waals surface area (Å²) >= 11 is 0. The molecule has 4 aromatic rings. The Hall–Kier alpha value is -3.11. The molecule has 0 spiro atoms. The lowest BCUT2D eigenvalue weighted by atomic mass is 9.99. The topological polar surface area (TPSA) is 75.3 Å². The van der Waals surface area contributed by atoms with Crippen LogP contribution in [0.15, 0.2) is 53.6 Å². The van der Waals surface area contributed by atoms with Gasteiger partial charge in [0.05, 0.1) is 28.3 Å². The van der Waals surface area contributed by atoms with Gasteiger partial charge in [0, 0.05) is 23.5 Å². The van der Waals surface area contributed by atoms with E-state index in [4.69, 9.17) is 4.74 Å². The molecular weight excluding hydrogens is 479 g/mol. The van der Waals surface area contributed by atoms with Crippen molar-refractivity contribution in [2.45, 2.75) is 24.4 Å². The van der Waals surface area contributed by atoms with Crippen molar-refractivity contribution < 1.29 is 26.3 Å². The Labute approximate surface area is 201 Å². The van der Waals surface area contributed by atoms with E-state index in [1.165, 1.54) is 6.07 Å². The van der Waals surface area contributed by atoms with E-state index < -0.39 is 21.6 Å². The molecule has 4 rings (SSSR count). The number of aromatic nitrogens is 2. The molecule has 2 aromatic heterocycles. The van der Waals surface area contributed by atoms with E-state index >= 15 is 0 Å². The molecule has 10 heteroatoms. The maximum absolute atomic E-state index is 13.5. The highest BCUT2D eigenvalue weighted by atomic mass is 32.2. The number of rotatable bonds is 8.